The van der Waals surface area contributed by atoms with Crippen molar-refractivity contribution < 1.29 is 0 Å². The van der Waals surface area contributed by atoms with E-state index in [9.17, 15) is 0 Å². The van der Waals surface area contributed by atoms with E-state index in [4.69, 9.17) is 0 Å². The molecule has 0 aliphatic rings. The van der Waals surface area contributed by atoms with Gasteiger partial charge in [0.1, 0.15) is 0 Å². The van der Waals surface area contributed by atoms with Crippen LogP contribution >= 0.6 is 27.7 Å². The van der Waals surface area contributed by atoms with Crippen molar-refractivity contribution in [3.05, 3.63) is 28.7 Å². The van der Waals surface area contributed by atoms with E-state index in [-0.39, 0.29) is 0 Å². The number of benzene rings is 1. The summed E-state index contributed by atoms with van der Waals surface area (Å²) in [5.41, 5.74) is 0. The summed E-state index contributed by atoms with van der Waals surface area (Å²) in [5, 5.41) is 0. The monoisotopic (exact) mass is 398 g/mol. The third-order valence-corrected chi connectivity index (χ3v) is 5.96. The molecule has 0 spiro atoms. The zero-order valence-corrected chi connectivity index (χ0v) is 17.4. The SMILES string of the molecule is CCCCCCCCCCCCCCCSc1ccc(Br)cc1. The number of hydrogen-bond acceptors (Lipinski definition) is 1. The van der Waals surface area contributed by atoms with Crippen LogP contribution in [0, 0.1) is 0 Å². The van der Waals surface area contributed by atoms with E-state index >= 15 is 0 Å². The van der Waals surface area contributed by atoms with Gasteiger partial charge in [-0.05, 0) is 36.4 Å². The van der Waals surface area contributed by atoms with Crippen LogP contribution in [0.4, 0.5) is 0 Å². The van der Waals surface area contributed by atoms with Crippen molar-refractivity contribution in [2.24, 2.45) is 0 Å². The molecule has 0 N–H and O–H groups in total. The molecule has 1 rings (SSSR count). The van der Waals surface area contributed by atoms with Crippen LogP contribution in [0.3, 0.4) is 0 Å². The fourth-order valence-corrected chi connectivity index (χ4v) is 4.02. The quantitative estimate of drug-likeness (QED) is 0.210. The Morgan fingerprint density at radius 3 is 1.57 bits per heavy atom. The molecule has 0 nitrogen and oxygen atoms in total. The zero-order valence-electron chi connectivity index (χ0n) is 15.0. The Hall–Kier alpha value is 0.0500. The Morgan fingerprint density at radius 1 is 0.652 bits per heavy atom. The van der Waals surface area contributed by atoms with Crippen molar-refractivity contribution >= 4 is 27.7 Å². The van der Waals surface area contributed by atoms with E-state index < -0.39 is 0 Å². The third kappa shape index (κ3) is 13.1. The fraction of sp³-hybridized carbons (Fsp3) is 0.714. The largest absolute Gasteiger partial charge is 0.126 e. The van der Waals surface area contributed by atoms with Gasteiger partial charge in [-0.15, -0.1) is 11.8 Å². The van der Waals surface area contributed by atoms with Crippen molar-refractivity contribution in [2.75, 3.05) is 5.75 Å². The van der Waals surface area contributed by atoms with Crippen LogP contribution in [0.1, 0.15) is 90.4 Å². The van der Waals surface area contributed by atoms with Gasteiger partial charge >= 0.3 is 0 Å². The van der Waals surface area contributed by atoms with Crippen molar-refractivity contribution in [3.63, 3.8) is 0 Å². The first kappa shape index (κ1) is 21.1. The van der Waals surface area contributed by atoms with E-state index in [1.807, 2.05) is 11.8 Å². The van der Waals surface area contributed by atoms with E-state index in [0.29, 0.717) is 0 Å². The Bertz CT molecular complexity index is 361. The van der Waals surface area contributed by atoms with Crippen LogP contribution in [0.2, 0.25) is 0 Å². The van der Waals surface area contributed by atoms with Crippen LogP contribution in [-0.4, -0.2) is 5.75 Å². The highest BCUT2D eigenvalue weighted by Gasteiger charge is 1.96. The van der Waals surface area contributed by atoms with Gasteiger partial charge in [-0.25, -0.2) is 0 Å². The topological polar surface area (TPSA) is 0 Å². The summed E-state index contributed by atoms with van der Waals surface area (Å²) < 4.78 is 1.17. The molecule has 0 amide bonds. The highest BCUT2D eigenvalue weighted by Crippen LogP contribution is 2.22. The lowest BCUT2D eigenvalue weighted by atomic mass is 10.1. The summed E-state index contributed by atoms with van der Waals surface area (Å²) in [6.07, 6.45) is 18.7. The first-order chi connectivity index (χ1) is 11.3. The van der Waals surface area contributed by atoms with Crippen LogP contribution < -0.4 is 0 Å². The van der Waals surface area contributed by atoms with Gasteiger partial charge in [0.05, 0.1) is 0 Å². The molecule has 2 heteroatoms. The Morgan fingerprint density at radius 2 is 1.09 bits per heavy atom. The third-order valence-electron chi connectivity index (χ3n) is 4.33. The molecule has 0 aromatic heterocycles. The summed E-state index contributed by atoms with van der Waals surface area (Å²) >= 11 is 5.47. The second-order valence-corrected chi connectivity index (χ2v) is 8.63. The van der Waals surface area contributed by atoms with Crippen molar-refractivity contribution in [3.8, 4) is 0 Å². The minimum Gasteiger partial charge on any atom is -0.126 e. The maximum absolute atomic E-state index is 3.48. The normalized spacial score (nSPS) is 11.0. The maximum atomic E-state index is 3.48. The van der Waals surface area contributed by atoms with Gasteiger partial charge in [-0.2, -0.15) is 0 Å². The lowest BCUT2D eigenvalue weighted by Crippen LogP contribution is -1.84. The van der Waals surface area contributed by atoms with E-state index in [1.165, 1.54) is 98.6 Å². The molecule has 23 heavy (non-hydrogen) atoms. The molecule has 132 valence electrons. The number of halogens is 1. The molecule has 0 saturated carbocycles. The molecule has 0 aliphatic carbocycles. The average molecular weight is 399 g/mol. The summed E-state index contributed by atoms with van der Waals surface area (Å²) in [6, 6.07) is 8.67. The van der Waals surface area contributed by atoms with E-state index in [1.54, 1.807) is 0 Å². The fourth-order valence-electron chi connectivity index (χ4n) is 2.84. The predicted molar refractivity (Wildman–Crippen MR) is 111 cm³/mol. The van der Waals surface area contributed by atoms with Crippen LogP contribution in [-0.2, 0) is 0 Å². The van der Waals surface area contributed by atoms with Gasteiger partial charge < -0.3 is 0 Å². The molecule has 0 radical (unpaired) electrons. The molecule has 0 bridgehead atoms. The number of rotatable bonds is 15. The summed E-state index contributed by atoms with van der Waals surface area (Å²) in [7, 11) is 0. The van der Waals surface area contributed by atoms with Crippen LogP contribution in [0.25, 0.3) is 0 Å². The second kappa shape index (κ2) is 15.6. The summed E-state index contributed by atoms with van der Waals surface area (Å²) in [4.78, 5) is 1.40. The molecule has 0 atom stereocenters. The van der Waals surface area contributed by atoms with Crippen molar-refractivity contribution in [1.82, 2.24) is 0 Å². The lowest BCUT2D eigenvalue weighted by molar-refractivity contribution is 0.543. The van der Waals surface area contributed by atoms with E-state index in [0.717, 1.165) is 0 Å². The van der Waals surface area contributed by atoms with Crippen molar-refractivity contribution in [2.45, 2.75) is 95.3 Å². The molecule has 0 heterocycles. The van der Waals surface area contributed by atoms with Gasteiger partial charge in [-0.3, -0.25) is 0 Å². The minimum atomic E-state index is 1.17. The molecule has 0 aliphatic heterocycles. The van der Waals surface area contributed by atoms with Gasteiger partial charge in [-0.1, -0.05) is 99.9 Å². The molecule has 1 aromatic carbocycles. The molecular weight excluding hydrogens is 364 g/mol. The molecular formula is C21H35BrS. The number of thioether (sulfide) groups is 1. The smallest absolute Gasteiger partial charge is 0.0176 e. The highest BCUT2D eigenvalue weighted by atomic mass is 79.9. The zero-order chi connectivity index (χ0) is 16.6. The Labute approximate surface area is 157 Å². The molecule has 1 aromatic rings. The molecule has 0 unspecified atom stereocenters. The predicted octanol–water partition coefficient (Wildman–Crippen LogP) is 8.63. The maximum Gasteiger partial charge on any atom is 0.0176 e. The molecule has 0 fully saturated rings. The highest BCUT2D eigenvalue weighted by molar-refractivity contribution is 9.10. The van der Waals surface area contributed by atoms with Gasteiger partial charge in [0.2, 0.25) is 0 Å². The Kier molecular flexibility index (Phi) is 14.3. The van der Waals surface area contributed by atoms with Gasteiger partial charge in [0.15, 0.2) is 0 Å². The minimum absolute atomic E-state index is 1.17. The Balaban J connectivity index is 1.77. The van der Waals surface area contributed by atoms with Gasteiger partial charge in [0, 0.05) is 9.37 Å². The standard InChI is InChI=1S/C21H35BrS/c1-2-3-4-5-6-7-8-9-10-11-12-13-14-19-23-21-17-15-20(22)16-18-21/h15-18H,2-14,19H2,1H3. The summed E-state index contributed by atoms with van der Waals surface area (Å²) in [5.74, 6) is 1.26. The van der Waals surface area contributed by atoms with Crippen LogP contribution in [0.15, 0.2) is 33.6 Å². The van der Waals surface area contributed by atoms with E-state index in [2.05, 4.69) is 47.1 Å². The van der Waals surface area contributed by atoms with Crippen molar-refractivity contribution in [1.29, 1.82) is 0 Å². The number of unbranched alkanes of at least 4 members (excludes halogenated alkanes) is 12. The lowest BCUT2D eigenvalue weighted by Gasteiger charge is -2.04. The van der Waals surface area contributed by atoms with Gasteiger partial charge in [0.25, 0.3) is 0 Å². The van der Waals surface area contributed by atoms with Crippen LogP contribution in [0.5, 0.6) is 0 Å². The molecule has 0 saturated heterocycles. The average Bonchev–Trinajstić information content (AvgIpc) is 2.57. The summed E-state index contributed by atoms with van der Waals surface area (Å²) in [6.45, 7) is 2.29. The number of hydrogen-bond donors (Lipinski definition) is 0. The second-order valence-electron chi connectivity index (χ2n) is 6.55. The first-order valence-corrected chi connectivity index (χ1v) is 11.5. The first-order valence-electron chi connectivity index (χ1n) is 9.71.